The molecule has 0 aromatic heterocycles. The van der Waals surface area contributed by atoms with Gasteiger partial charge in [0.05, 0.1) is 6.04 Å². The van der Waals surface area contributed by atoms with E-state index in [0.717, 1.165) is 5.56 Å². The monoisotopic (exact) mass is 433 g/mol. The van der Waals surface area contributed by atoms with Crippen LogP contribution < -0.4 is 27.4 Å². The summed E-state index contributed by atoms with van der Waals surface area (Å²) in [4.78, 5) is 49.3. The first-order chi connectivity index (χ1) is 14.9. The number of ketones is 1. The van der Waals surface area contributed by atoms with Crippen molar-refractivity contribution >= 4 is 23.5 Å². The van der Waals surface area contributed by atoms with Gasteiger partial charge in [0.15, 0.2) is 0 Å². The fourth-order valence-corrected chi connectivity index (χ4v) is 2.88. The van der Waals surface area contributed by atoms with E-state index in [1.54, 1.807) is 6.92 Å². The third kappa shape index (κ3) is 10.7. The molecule has 31 heavy (non-hydrogen) atoms. The topological polar surface area (TPSA) is 156 Å². The van der Waals surface area contributed by atoms with E-state index in [2.05, 4.69) is 16.0 Å². The highest BCUT2D eigenvalue weighted by Gasteiger charge is 2.28. The Kier molecular flexibility index (Phi) is 12.8. The SMILES string of the molecule is CC(CCC(=O)NCCN)C(=O)NC(CCCCN)C(=O)C(=O)NCc1ccccc1. The van der Waals surface area contributed by atoms with Gasteiger partial charge in [-0.1, -0.05) is 37.3 Å². The van der Waals surface area contributed by atoms with Crippen LogP contribution in [0.5, 0.6) is 0 Å². The Hall–Kier alpha value is -2.78. The number of carbonyl (C=O) groups excluding carboxylic acids is 4. The Morgan fingerprint density at radius 2 is 1.65 bits per heavy atom. The Labute approximate surface area is 183 Å². The molecule has 0 saturated carbocycles. The molecule has 0 spiro atoms. The largest absolute Gasteiger partial charge is 0.355 e. The van der Waals surface area contributed by atoms with Crippen LogP contribution in [0.3, 0.4) is 0 Å². The van der Waals surface area contributed by atoms with Gasteiger partial charge in [-0.25, -0.2) is 0 Å². The molecule has 7 N–H and O–H groups in total. The van der Waals surface area contributed by atoms with Gasteiger partial charge in [0.1, 0.15) is 0 Å². The third-order valence-corrected chi connectivity index (χ3v) is 4.82. The van der Waals surface area contributed by atoms with Crippen molar-refractivity contribution in [2.45, 2.75) is 51.6 Å². The summed E-state index contributed by atoms with van der Waals surface area (Å²) >= 11 is 0. The fraction of sp³-hybridized carbons (Fsp3) is 0.545. The summed E-state index contributed by atoms with van der Waals surface area (Å²) in [6.07, 6.45) is 2.12. The van der Waals surface area contributed by atoms with Gasteiger partial charge >= 0.3 is 0 Å². The lowest BCUT2D eigenvalue weighted by Gasteiger charge is -2.20. The first kappa shape index (κ1) is 26.3. The zero-order valence-electron chi connectivity index (χ0n) is 18.2. The van der Waals surface area contributed by atoms with Crippen LogP contribution in [0.4, 0.5) is 0 Å². The molecule has 1 aromatic rings. The molecular weight excluding hydrogens is 398 g/mol. The van der Waals surface area contributed by atoms with E-state index in [-0.39, 0.29) is 24.8 Å². The third-order valence-electron chi connectivity index (χ3n) is 4.82. The number of benzene rings is 1. The molecule has 172 valence electrons. The predicted molar refractivity (Wildman–Crippen MR) is 119 cm³/mol. The second-order valence-electron chi connectivity index (χ2n) is 7.46. The van der Waals surface area contributed by atoms with Gasteiger partial charge in [-0.15, -0.1) is 0 Å². The average molecular weight is 434 g/mol. The van der Waals surface area contributed by atoms with Crippen LogP contribution in [0.15, 0.2) is 30.3 Å². The molecule has 2 atom stereocenters. The molecular formula is C22H35N5O4. The second-order valence-corrected chi connectivity index (χ2v) is 7.46. The number of unbranched alkanes of at least 4 members (excludes halogenated alkanes) is 1. The maximum Gasteiger partial charge on any atom is 0.289 e. The van der Waals surface area contributed by atoms with Crippen molar-refractivity contribution in [3.05, 3.63) is 35.9 Å². The fourth-order valence-electron chi connectivity index (χ4n) is 2.88. The van der Waals surface area contributed by atoms with Crippen LogP contribution in [0.25, 0.3) is 0 Å². The predicted octanol–water partition coefficient (Wildman–Crippen LogP) is -0.0231. The number of hydrogen-bond acceptors (Lipinski definition) is 6. The van der Waals surface area contributed by atoms with Gasteiger partial charge in [-0.2, -0.15) is 0 Å². The van der Waals surface area contributed by atoms with E-state index in [4.69, 9.17) is 11.5 Å². The number of Topliss-reactive ketones (excluding diaryl/α,β-unsaturated/α-hetero) is 1. The van der Waals surface area contributed by atoms with Crippen LogP contribution in [0.2, 0.25) is 0 Å². The maximum absolute atomic E-state index is 12.7. The molecule has 0 bridgehead atoms. The van der Waals surface area contributed by atoms with E-state index >= 15 is 0 Å². The van der Waals surface area contributed by atoms with Gasteiger partial charge in [0, 0.05) is 32.0 Å². The van der Waals surface area contributed by atoms with Gasteiger partial charge in [-0.3, -0.25) is 19.2 Å². The molecule has 9 nitrogen and oxygen atoms in total. The minimum Gasteiger partial charge on any atom is -0.355 e. The van der Waals surface area contributed by atoms with E-state index in [1.165, 1.54) is 0 Å². The summed E-state index contributed by atoms with van der Waals surface area (Å²) in [5, 5.41) is 7.93. The summed E-state index contributed by atoms with van der Waals surface area (Å²) in [6, 6.07) is 8.31. The van der Waals surface area contributed by atoms with E-state index in [1.807, 2.05) is 30.3 Å². The lowest BCUT2D eigenvalue weighted by atomic mass is 10.0. The first-order valence-corrected chi connectivity index (χ1v) is 10.7. The molecule has 0 saturated heterocycles. The van der Waals surface area contributed by atoms with Gasteiger partial charge in [0.2, 0.25) is 17.6 Å². The molecule has 0 radical (unpaired) electrons. The summed E-state index contributed by atoms with van der Waals surface area (Å²) in [5.74, 6) is -2.46. The molecule has 0 aliphatic rings. The highest BCUT2D eigenvalue weighted by molar-refractivity contribution is 6.38. The summed E-state index contributed by atoms with van der Waals surface area (Å²) in [5.41, 5.74) is 11.7. The van der Waals surface area contributed by atoms with Crippen LogP contribution >= 0.6 is 0 Å². The molecule has 3 amide bonds. The zero-order chi connectivity index (χ0) is 23.1. The smallest absolute Gasteiger partial charge is 0.289 e. The van der Waals surface area contributed by atoms with Gasteiger partial charge in [0.25, 0.3) is 5.91 Å². The highest BCUT2D eigenvalue weighted by Crippen LogP contribution is 2.09. The molecule has 1 rings (SSSR count). The summed E-state index contributed by atoms with van der Waals surface area (Å²) in [7, 11) is 0. The summed E-state index contributed by atoms with van der Waals surface area (Å²) < 4.78 is 0. The number of carbonyl (C=O) groups is 4. The van der Waals surface area contributed by atoms with Crippen molar-refractivity contribution < 1.29 is 19.2 Å². The number of rotatable bonds is 15. The first-order valence-electron chi connectivity index (χ1n) is 10.7. The van der Waals surface area contributed by atoms with Crippen molar-refractivity contribution in [1.82, 2.24) is 16.0 Å². The molecule has 9 heteroatoms. The lowest BCUT2D eigenvalue weighted by Crippen LogP contribution is -2.48. The minimum atomic E-state index is -0.927. The van der Waals surface area contributed by atoms with Crippen LogP contribution in [0, 0.1) is 5.92 Å². The number of hydrogen-bond donors (Lipinski definition) is 5. The van der Waals surface area contributed by atoms with Gasteiger partial charge in [-0.05, 0) is 37.8 Å². The average Bonchev–Trinajstić information content (AvgIpc) is 2.79. The van der Waals surface area contributed by atoms with Crippen molar-refractivity contribution in [2.75, 3.05) is 19.6 Å². The Bertz CT molecular complexity index is 711. The summed E-state index contributed by atoms with van der Waals surface area (Å²) in [6.45, 7) is 3.10. The van der Waals surface area contributed by atoms with Crippen molar-refractivity contribution in [1.29, 1.82) is 0 Å². The van der Waals surface area contributed by atoms with Crippen LogP contribution in [0.1, 0.15) is 44.6 Å². The zero-order valence-corrected chi connectivity index (χ0v) is 18.2. The van der Waals surface area contributed by atoms with Crippen LogP contribution in [-0.2, 0) is 25.7 Å². The van der Waals surface area contributed by atoms with E-state index in [9.17, 15) is 19.2 Å². The molecule has 2 unspecified atom stereocenters. The standard InChI is InChI=1S/C22H35N5O4/c1-16(10-11-19(28)25-14-13-24)21(30)27-18(9-5-6-12-23)20(29)22(31)26-15-17-7-3-2-4-8-17/h2-4,7-8,16,18H,5-6,9-15,23-24H2,1H3,(H,25,28)(H,26,31)(H,27,30). The molecule has 0 fully saturated rings. The van der Waals surface area contributed by atoms with Crippen LogP contribution in [-0.4, -0.2) is 49.2 Å². The molecule has 0 aliphatic heterocycles. The second kappa shape index (κ2) is 15.1. The van der Waals surface area contributed by atoms with Gasteiger partial charge < -0.3 is 27.4 Å². The number of nitrogens with two attached hydrogens (primary N) is 2. The number of nitrogens with one attached hydrogen (secondary N) is 3. The van der Waals surface area contributed by atoms with E-state index < -0.39 is 23.7 Å². The number of amides is 3. The van der Waals surface area contributed by atoms with E-state index in [0.29, 0.717) is 45.3 Å². The molecule has 0 heterocycles. The molecule has 0 aliphatic carbocycles. The Balaban J connectivity index is 2.62. The molecule has 1 aromatic carbocycles. The highest BCUT2D eigenvalue weighted by atomic mass is 16.2. The Morgan fingerprint density at radius 1 is 0.935 bits per heavy atom. The van der Waals surface area contributed by atoms with Crippen molar-refractivity contribution in [2.24, 2.45) is 17.4 Å². The van der Waals surface area contributed by atoms with Crippen molar-refractivity contribution in [3.63, 3.8) is 0 Å². The maximum atomic E-state index is 12.7. The normalized spacial score (nSPS) is 12.5. The van der Waals surface area contributed by atoms with Crippen molar-refractivity contribution in [3.8, 4) is 0 Å². The minimum absolute atomic E-state index is 0.179. The Morgan fingerprint density at radius 3 is 2.29 bits per heavy atom. The lowest BCUT2D eigenvalue weighted by molar-refractivity contribution is -0.140. The quantitative estimate of drug-likeness (QED) is 0.193.